The number of hydrogen-bond donors (Lipinski definition) is 3. The summed E-state index contributed by atoms with van der Waals surface area (Å²) < 4.78 is 56.0. The molecule has 6 heterocycles. The van der Waals surface area contributed by atoms with Gasteiger partial charge in [-0.05, 0) is 0 Å². The van der Waals surface area contributed by atoms with Crippen LogP contribution in [0.15, 0.2) is 38.0 Å². The highest BCUT2D eigenvalue weighted by Crippen LogP contribution is 2.41. The quantitative estimate of drug-likeness (QED) is 0.158. The predicted octanol–water partition coefficient (Wildman–Crippen LogP) is 1.40. The van der Waals surface area contributed by atoms with Gasteiger partial charge in [-0.15, -0.1) is 6.58 Å². The van der Waals surface area contributed by atoms with Crippen molar-refractivity contribution in [3.8, 4) is 0 Å². The molecule has 0 amide bonds. The number of hydrogen-bond acceptors (Lipinski definition) is 15. The van der Waals surface area contributed by atoms with Crippen molar-refractivity contribution < 1.29 is 37.1 Å². The second kappa shape index (κ2) is 12.1. The lowest BCUT2D eigenvalue weighted by atomic mass is 10.0. The van der Waals surface area contributed by atoms with Gasteiger partial charge in [0.1, 0.15) is 42.2 Å². The van der Waals surface area contributed by atoms with Crippen LogP contribution >= 0.6 is 16.5 Å². The van der Waals surface area contributed by atoms with Crippen LogP contribution in [0.1, 0.15) is 25.3 Å². The molecule has 8 atom stereocenters. The van der Waals surface area contributed by atoms with Gasteiger partial charge >= 0.3 is 16.5 Å². The zero-order valence-corrected chi connectivity index (χ0v) is 23.9. The molecule has 0 aliphatic carbocycles. The molecule has 18 nitrogen and oxygen atoms in total. The topological polar surface area (TPSA) is 240 Å². The second-order valence-electron chi connectivity index (χ2n) is 9.59. The van der Waals surface area contributed by atoms with Crippen LogP contribution in [0, 0.1) is 5.92 Å². The van der Waals surface area contributed by atoms with E-state index >= 15 is 0 Å². The molecule has 5 N–H and O–H groups in total. The first kappa shape index (κ1) is 28.8. The lowest BCUT2D eigenvalue weighted by Gasteiger charge is -2.19. The Morgan fingerprint density at radius 1 is 0.905 bits per heavy atom. The van der Waals surface area contributed by atoms with E-state index in [0.717, 1.165) is 0 Å². The minimum Gasteiger partial charge on any atom is -0.382 e. The number of fused-ring (bicyclic) bond motifs is 2. The molecule has 4 aromatic heterocycles. The summed E-state index contributed by atoms with van der Waals surface area (Å²) in [4.78, 5) is 34.1. The summed E-state index contributed by atoms with van der Waals surface area (Å²) >= 11 is 0. The van der Waals surface area contributed by atoms with Crippen LogP contribution in [0.2, 0.25) is 0 Å². The molecule has 224 valence electrons. The summed E-state index contributed by atoms with van der Waals surface area (Å²) in [7, 11) is -6.31. The van der Waals surface area contributed by atoms with Gasteiger partial charge < -0.3 is 39.4 Å². The van der Waals surface area contributed by atoms with E-state index in [1.165, 1.54) is 19.0 Å². The largest absolute Gasteiger partial charge is 0.382 e. The average Bonchev–Trinajstić information content (AvgIpc) is 3.75. The SMILES string of the molecule is C=C[C@H]1C[C@H](n2cnc3c(N)ncnc32)O[C@@H]1CO[PH](=O)O[C@H]1C[C@H](n2cnc3c(N)ncnc32)OC1CO[PH](=O)O. The third-order valence-electron chi connectivity index (χ3n) is 7.15. The Bertz CT molecular complexity index is 1650. The molecule has 0 bridgehead atoms. The minimum atomic E-state index is -3.24. The van der Waals surface area contributed by atoms with E-state index in [1.54, 1.807) is 21.5 Å². The summed E-state index contributed by atoms with van der Waals surface area (Å²) in [6.45, 7) is 3.58. The number of rotatable bonds is 11. The average molecular weight is 622 g/mol. The van der Waals surface area contributed by atoms with E-state index in [0.29, 0.717) is 28.7 Å². The van der Waals surface area contributed by atoms with Crippen LogP contribution in [0.25, 0.3) is 22.3 Å². The highest BCUT2D eigenvalue weighted by molar-refractivity contribution is 7.33. The number of nitrogen functional groups attached to an aromatic ring is 2. The molecule has 2 fully saturated rings. The molecule has 0 spiro atoms. The van der Waals surface area contributed by atoms with Crippen LogP contribution in [0.5, 0.6) is 0 Å². The fourth-order valence-electron chi connectivity index (χ4n) is 5.10. The van der Waals surface area contributed by atoms with Crippen LogP contribution in [-0.2, 0) is 32.2 Å². The number of anilines is 2. The molecule has 20 heteroatoms. The van der Waals surface area contributed by atoms with Gasteiger partial charge in [-0.3, -0.25) is 18.3 Å². The molecule has 4 aromatic rings. The maximum absolute atomic E-state index is 13.0. The molecule has 3 unspecified atom stereocenters. The van der Waals surface area contributed by atoms with E-state index in [9.17, 15) is 14.0 Å². The zero-order chi connectivity index (χ0) is 29.4. The first-order valence-corrected chi connectivity index (χ1v) is 15.3. The van der Waals surface area contributed by atoms with Crippen molar-refractivity contribution in [2.45, 2.75) is 43.6 Å². The summed E-state index contributed by atoms with van der Waals surface area (Å²) in [6.07, 6.45) is 5.03. The van der Waals surface area contributed by atoms with E-state index < -0.39 is 47.3 Å². The third-order valence-corrected chi connectivity index (χ3v) is 8.46. The van der Waals surface area contributed by atoms with Crippen molar-refractivity contribution in [1.29, 1.82) is 0 Å². The van der Waals surface area contributed by atoms with Gasteiger partial charge in [-0.25, -0.2) is 29.9 Å². The fraction of sp³-hybridized carbons (Fsp3) is 0.455. The molecule has 42 heavy (non-hydrogen) atoms. The van der Waals surface area contributed by atoms with Crippen LogP contribution in [-0.4, -0.2) is 75.5 Å². The Morgan fingerprint density at radius 3 is 2.07 bits per heavy atom. The lowest BCUT2D eigenvalue weighted by molar-refractivity contribution is -0.0390. The number of ether oxygens (including phenoxy) is 2. The smallest absolute Gasteiger partial charge is 0.319 e. The van der Waals surface area contributed by atoms with Crippen LogP contribution in [0.3, 0.4) is 0 Å². The molecule has 2 aliphatic heterocycles. The van der Waals surface area contributed by atoms with Crippen molar-refractivity contribution in [1.82, 2.24) is 39.0 Å². The van der Waals surface area contributed by atoms with E-state index in [1.807, 2.05) is 0 Å². The molecule has 0 radical (unpaired) electrons. The van der Waals surface area contributed by atoms with Gasteiger partial charge in [0.25, 0.3) is 0 Å². The first-order valence-electron chi connectivity index (χ1n) is 12.8. The van der Waals surface area contributed by atoms with Gasteiger partial charge in [0.05, 0.1) is 38.1 Å². The Kier molecular flexibility index (Phi) is 8.29. The molecule has 2 aliphatic rings. The normalized spacial score (nSPS) is 27.5. The number of imidazole rings is 2. The Morgan fingerprint density at radius 2 is 1.48 bits per heavy atom. The molecular weight excluding hydrogens is 594 g/mol. The standard InChI is InChI=1S/C22H28N10O8P2/c1-2-11-3-15(31-9-29-17-19(23)25-7-27-21(17)31)38-13(11)5-37-42(35)40-12-4-16(39-14(12)6-36-41(33)34)32-10-30-18-20(24)26-8-28-22(18)32/h2,7-16,41-42H,1,3-6H2,(H,33,34)(H2,23,25,27)(H2,24,26,28)/t11-,12-,13+,14?,15+,16+/m0/s1. The van der Waals surface area contributed by atoms with E-state index in [2.05, 4.69) is 36.5 Å². The summed E-state index contributed by atoms with van der Waals surface area (Å²) in [5.74, 6) is 0.349. The summed E-state index contributed by atoms with van der Waals surface area (Å²) in [6, 6.07) is 0. The van der Waals surface area contributed by atoms with Gasteiger partial charge in [0.15, 0.2) is 22.9 Å². The highest BCUT2D eigenvalue weighted by atomic mass is 31.1. The van der Waals surface area contributed by atoms with E-state index in [4.69, 9.17) is 34.5 Å². The summed E-state index contributed by atoms with van der Waals surface area (Å²) in [5.41, 5.74) is 13.6. The van der Waals surface area contributed by atoms with Gasteiger partial charge in [-0.1, -0.05) is 6.08 Å². The minimum absolute atomic E-state index is 0.0421. The number of aromatic nitrogens is 8. The number of nitrogens with zero attached hydrogens (tertiary/aromatic N) is 8. The Labute approximate surface area is 238 Å². The molecule has 0 aromatic carbocycles. The van der Waals surface area contributed by atoms with Crippen molar-refractivity contribution in [3.63, 3.8) is 0 Å². The van der Waals surface area contributed by atoms with Gasteiger partial charge in [0, 0.05) is 18.8 Å². The van der Waals surface area contributed by atoms with Crippen molar-refractivity contribution in [2.75, 3.05) is 24.7 Å². The third kappa shape index (κ3) is 5.67. The maximum Gasteiger partial charge on any atom is 0.319 e. The lowest BCUT2D eigenvalue weighted by Crippen LogP contribution is -2.27. The van der Waals surface area contributed by atoms with Crippen molar-refractivity contribution in [3.05, 3.63) is 38.0 Å². The predicted molar refractivity (Wildman–Crippen MR) is 147 cm³/mol. The monoisotopic (exact) mass is 622 g/mol. The van der Waals surface area contributed by atoms with Crippen LogP contribution in [0.4, 0.5) is 11.6 Å². The van der Waals surface area contributed by atoms with Crippen LogP contribution < -0.4 is 11.5 Å². The molecule has 0 saturated carbocycles. The van der Waals surface area contributed by atoms with Crippen molar-refractivity contribution in [2.24, 2.45) is 5.92 Å². The Hall–Kier alpha value is -3.34. The molecule has 6 rings (SSSR count). The highest BCUT2D eigenvalue weighted by Gasteiger charge is 2.40. The zero-order valence-electron chi connectivity index (χ0n) is 21.9. The van der Waals surface area contributed by atoms with E-state index in [-0.39, 0.29) is 37.2 Å². The van der Waals surface area contributed by atoms with Gasteiger partial charge in [0.2, 0.25) is 0 Å². The fourth-order valence-corrected chi connectivity index (χ4v) is 6.27. The summed E-state index contributed by atoms with van der Waals surface area (Å²) in [5, 5.41) is 0. The first-order chi connectivity index (χ1) is 20.3. The Balaban J connectivity index is 1.10. The molecule has 2 saturated heterocycles. The number of nitrogens with two attached hydrogens (primary N) is 2. The van der Waals surface area contributed by atoms with Gasteiger partial charge in [-0.2, -0.15) is 0 Å². The van der Waals surface area contributed by atoms with Crippen molar-refractivity contribution >= 4 is 50.5 Å². The molecular formula is C22H28N10O8P2. The second-order valence-corrected chi connectivity index (χ2v) is 11.4. The maximum atomic E-state index is 13.0.